The van der Waals surface area contributed by atoms with Gasteiger partial charge in [-0.3, -0.25) is 4.79 Å². The van der Waals surface area contributed by atoms with Gasteiger partial charge in [0.15, 0.2) is 0 Å². The molecule has 0 bridgehead atoms. The lowest BCUT2D eigenvalue weighted by Crippen LogP contribution is -2.18. The minimum Gasteiger partial charge on any atom is -0.462 e. The molecule has 0 saturated carbocycles. The number of ether oxygens (including phenoxy) is 2. The van der Waals surface area contributed by atoms with Crippen LogP contribution in [-0.2, 0) is 21.8 Å². The van der Waals surface area contributed by atoms with Crippen LogP contribution in [0.1, 0.15) is 60.9 Å². The van der Waals surface area contributed by atoms with Gasteiger partial charge in [-0.2, -0.15) is 26.3 Å². The first-order valence-corrected chi connectivity index (χ1v) is 10.1. The van der Waals surface area contributed by atoms with E-state index in [0.717, 1.165) is 0 Å². The summed E-state index contributed by atoms with van der Waals surface area (Å²) in [6.45, 7) is 4.31. The summed E-state index contributed by atoms with van der Waals surface area (Å²) in [6.07, 6.45) is -10.3. The number of alkyl halides is 6. The number of benzene rings is 1. The average molecular weight is 497 g/mol. The number of amides is 1. The second-order valence-corrected chi connectivity index (χ2v) is 7.47. The highest BCUT2D eigenvalue weighted by molar-refractivity contribution is 7.18. The van der Waals surface area contributed by atoms with Crippen molar-refractivity contribution >= 4 is 34.2 Å². The molecule has 0 saturated heterocycles. The predicted octanol–water partition coefficient (Wildman–Crippen LogP) is 5.70. The lowest BCUT2D eigenvalue weighted by atomic mass is 10.0. The third kappa shape index (κ3) is 6.03. The second-order valence-electron chi connectivity index (χ2n) is 6.45. The molecule has 1 N–H and O–H groups in total. The molecule has 0 aliphatic heterocycles. The second kappa shape index (κ2) is 9.81. The molecule has 1 amide bonds. The Morgan fingerprint density at radius 1 is 0.879 bits per heavy atom. The van der Waals surface area contributed by atoms with Crippen LogP contribution in [-0.4, -0.2) is 31.1 Å². The van der Waals surface area contributed by atoms with E-state index >= 15 is 0 Å². The van der Waals surface area contributed by atoms with E-state index in [1.54, 1.807) is 0 Å². The quantitative estimate of drug-likeness (QED) is 0.409. The van der Waals surface area contributed by atoms with Crippen molar-refractivity contribution in [3.05, 3.63) is 50.9 Å². The molecule has 180 valence electrons. The van der Waals surface area contributed by atoms with Crippen molar-refractivity contribution < 1.29 is 50.2 Å². The summed E-state index contributed by atoms with van der Waals surface area (Å²) in [5, 5.41) is 1.83. The standard InChI is InChI=1S/C20H17F6NO5S/c1-4-31-17(29)13-9(3)14(18(30)32-5-2)33-16(13)27-15(28)10-6-11(19(21,22)23)8-12(7-10)20(24,25)26/h6-8H,4-5H2,1-3H3,(H,27,28). The molecule has 0 unspecified atom stereocenters. The molecular formula is C20H17F6NO5S. The minimum atomic E-state index is -5.15. The van der Waals surface area contributed by atoms with Gasteiger partial charge in [0.2, 0.25) is 0 Å². The molecule has 2 aromatic rings. The Kier molecular flexibility index (Phi) is 7.78. The van der Waals surface area contributed by atoms with E-state index in [1.165, 1.54) is 20.8 Å². The molecule has 13 heteroatoms. The van der Waals surface area contributed by atoms with Gasteiger partial charge < -0.3 is 14.8 Å². The summed E-state index contributed by atoms with van der Waals surface area (Å²) in [7, 11) is 0. The Hall–Kier alpha value is -3.09. The number of carbonyl (C=O) groups is 3. The fourth-order valence-electron chi connectivity index (χ4n) is 2.70. The van der Waals surface area contributed by atoms with Crippen LogP contribution in [0.15, 0.2) is 18.2 Å². The number of halogens is 6. The number of carbonyl (C=O) groups excluding carboxylic acids is 3. The molecule has 1 aromatic carbocycles. The summed E-state index contributed by atoms with van der Waals surface area (Å²) in [4.78, 5) is 37.0. The molecule has 6 nitrogen and oxygen atoms in total. The van der Waals surface area contributed by atoms with Crippen molar-refractivity contribution in [3.8, 4) is 0 Å². The molecule has 2 rings (SSSR count). The zero-order chi connectivity index (χ0) is 25.1. The van der Waals surface area contributed by atoms with Gasteiger partial charge in [0, 0.05) is 5.56 Å². The molecule has 33 heavy (non-hydrogen) atoms. The van der Waals surface area contributed by atoms with E-state index < -0.39 is 46.9 Å². The van der Waals surface area contributed by atoms with Crippen molar-refractivity contribution in [1.82, 2.24) is 0 Å². The Labute approximate surface area is 187 Å². The summed E-state index contributed by atoms with van der Waals surface area (Å²) in [5.41, 5.74) is -4.49. The Morgan fingerprint density at radius 3 is 1.82 bits per heavy atom. The topological polar surface area (TPSA) is 81.7 Å². The maximum absolute atomic E-state index is 13.1. The molecule has 0 aliphatic rings. The van der Waals surface area contributed by atoms with E-state index in [2.05, 4.69) is 5.32 Å². The maximum atomic E-state index is 13.1. The zero-order valence-electron chi connectivity index (χ0n) is 17.4. The van der Waals surface area contributed by atoms with Crippen LogP contribution in [0.4, 0.5) is 31.3 Å². The number of esters is 2. The fourth-order valence-corrected chi connectivity index (χ4v) is 3.79. The zero-order valence-corrected chi connectivity index (χ0v) is 18.2. The number of nitrogens with one attached hydrogen (secondary N) is 1. The van der Waals surface area contributed by atoms with Gasteiger partial charge in [-0.15, -0.1) is 11.3 Å². The SMILES string of the molecule is CCOC(=O)c1sc(NC(=O)c2cc(C(F)(F)F)cc(C(F)(F)F)c2)c(C(=O)OCC)c1C. The molecular weight excluding hydrogens is 480 g/mol. The molecule has 0 radical (unpaired) electrons. The van der Waals surface area contributed by atoms with Crippen molar-refractivity contribution in [2.45, 2.75) is 33.1 Å². The molecule has 1 heterocycles. The van der Waals surface area contributed by atoms with E-state index in [4.69, 9.17) is 9.47 Å². The van der Waals surface area contributed by atoms with Gasteiger partial charge >= 0.3 is 24.3 Å². The van der Waals surface area contributed by atoms with Crippen LogP contribution in [0.2, 0.25) is 0 Å². The third-order valence-corrected chi connectivity index (χ3v) is 5.35. The summed E-state index contributed by atoms with van der Waals surface area (Å²) in [5.74, 6) is -3.13. The Morgan fingerprint density at radius 2 is 1.36 bits per heavy atom. The predicted molar refractivity (Wildman–Crippen MR) is 105 cm³/mol. The lowest BCUT2D eigenvalue weighted by Gasteiger charge is -2.14. The molecule has 0 atom stereocenters. The van der Waals surface area contributed by atoms with E-state index in [-0.39, 0.29) is 52.4 Å². The van der Waals surface area contributed by atoms with Gasteiger partial charge in [-0.05, 0) is 44.5 Å². The molecule has 0 fully saturated rings. The number of rotatable bonds is 6. The summed E-state index contributed by atoms with van der Waals surface area (Å²) < 4.78 is 88.3. The average Bonchev–Trinajstić information content (AvgIpc) is 3.02. The minimum absolute atomic E-state index is 0.00292. The van der Waals surface area contributed by atoms with Crippen LogP contribution in [0.5, 0.6) is 0 Å². The largest absolute Gasteiger partial charge is 0.462 e. The summed E-state index contributed by atoms with van der Waals surface area (Å²) in [6, 6.07) is 0.387. The molecule has 0 spiro atoms. The fraction of sp³-hybridized carbons (Fsp3) is 0.350. The maximum Gasteiger partial charge on any atom is 0.416 e. The normalized spacial score (nSPS) is 11.8. The van der Waals surface area contributed by atoms with Gasteiger partial charge in [-0.1, -0.05) is 0 Å². The van der Waals surface area contributed by atoms with E-state index in [0.29, 0.717) is 11.3 Å². The van der Waals surface area contributed by atoms with Crippen molar-refractivity contribution in [2.24, 2.45) is 0 Å². The highest BCUT2D eigenvalue weighted by atomic mass is 32.1. The van der Waals surface area contributed by atoms with Crippen LogP contribution >= 0.6 is 11.3 Å². The first kappa shape index (κ1) is 26.2. The van der Waals surface area contributed by atoms with Crippen molar-refractivity contribution in [1.29, 1.82) is 0 Å². The first-order chi connectivity index (χ1) is 15.2. The van der Waals surface area contributed by atoms with Crippen molar-refractivity contribution in [3.63, 3.8) is 0 Å². The summed E-state index contributed by atoms with van der Waals surface area (Å²) >= 11 is 0.579. The van der Waals surface area contributed by atoms with Gasteiger partial charge in [0.1, 0.15) is 9.88 Å². The number of hydrogen-bond donors (Lipinski definition) is 1. The van der Waals surface area contributed by atoms with E-state index in [9.17, 15) is 40.7 Å². The number of hydrogen-bond acceptors (Lipinski definition) is 6. The van der Waals surface area contributed by atoms with Gasteiger partial charge in [-0.25, -0.2) is 9.59 Å². The Bertz CT molecular complexity index is 1040. The smallest absolute Gasteiger partial charge is 0.416 e. The van der Waals surface area contributed by atoms with Gasteiger partial charge in [0.25, 0.3) is 5.91 Å². The van der Waals surface area contributed by atoms with Crippen LogP contribution in [0.25, 0.3) is 0 Å². The third-order valence-electron chi connectivity index (χ3n) is 4.16. The van der Waals surface area contributed by atoms with Crippen molar-refractivity contribution in [2.75, 3.05) is 18.5 Å². The van der Waals surface area contributed by atoms with Gasteiger partial charge in [0.05, 0.1) is 29.9 Å². The highest BCUT2D eigenvalue weighted by Gasteiger charge is 2.38. The molecule has 0 aliphatic carbocycles. The van der Waals surface area contributed by atoms with Crippen LogP contribution in [0, 0.1) is 6.92 Å². The number of anilines is 1. The molecule has 1 aromatic heterocycles. The van der Waals surface area contributed by atoms with Crippen LogP contribution in [0.3, 0.4) is 0 Å². The number of thiophene rings is 1. The van der Waals surface area contributed by atoms with E-state index in [1.807, 2.05) is 0 Å². The van der Waals surface area contributed by atoms with Crippen LogP contribution < -0.4 is 5.32 Å². The highest BCUT2D eigenvalue weighted by Crippen LogP contribution is 2.38. The first-order valence-electron chi connectivity index (χ1n) is 9.29. The Balaban J connectivity index is 2.56. The lowest BCUT2D eigenvalue weighted by molar-refractivity contribution is -0.143. The monoisotopic (exact) mass is 497 g/mol.